The average molecular weight is 687 g/mol. The van der Waals surface area contributed by atoms with E-state index in [9.17, 15) is 0 Å². The van der Waals surface area contributed by atoms with Crippen molar-refractivity contribution in [1.29, 1.82) is 0 Å². The van der Waals surface area contributed by atoms with Gasteiger partial charge in [-0.25, -0.2) is 19.9 Å². The van der Waals surface area contributed by atoms with Gasteiger partial charge in [0.1, 0.15) is 0 Å². The Morgan fingerprint density at radius 1 is 0.396 bits per heavy atom. The fourth-order valence-electron chi connectivity index (χ4n) is 7.70. The first-order valence-corrected chi connectivity index (χ1v) is 18.7. The van der Waals surface area contributed by atoms with E-state index in [2.05, 4.69) is 128 Å². The van der Waals surface area contributed by atoms with Crippen LogP contribution in [-0.2, 0) is 5.41 Å². The molecule has 4 nitrogen and oxygen atoms in total. The molecule has 6 aromatic carbocycles. The molecule has 2 aromatic heterocycles. The molecule has 0 aliphatic rings. The molecule has 0 radical (unpaired) electrons. The maximum Gasteiger partial charge on any atom is 0.160 e. The molecular formula is C49H42N4. The number of hydrogen-bond donors (Lipinski definition) is 0. The Morgan fingerprint density at radius 2 is 0.887 bits per heavy atom. The van der Waals surface area contributed by atoms with Gasteiger partial charge in [0.15, 0.2) is 11.6 Å². The molecule has 8 aromatic rings. The smallest absolute Gasteiger partial charge is 0.160 e. The van der Waals surface area contributed by atoms with Crippen LogP contribution in [0.4, 0.5) is 0 Å². The predicted molar refractivity (Wildman–Crippen MR) is 219 cm³/mol. The highest BCUT2D eigenvalue weighted by atomic mass is 14.9. The number of benzene rings is 6. The molecule has 53 heavy (non-hydrogen) atoms. The van der Waals surface area contributed by atoms with E-state index in [1.165, 1.54) is 21.9 Å². The summed E-state index contributed by atoms with van der Waals surface area (Å²) >= 11 is 0. The molecule has 0 saturated carbocycles. The van der Waals surface area contributed by atoms with Crippen LogP contribution < -0.4 is 0 Å². The molecule has 0 fully saturated rings. The molecule has 0 bridgehead atoms. The van der Waals surface area contributed by atoms with Crippen LogP contribution in [0.2, 0.25) is 0 Å². The zero-order chi connectivity index (χ0) is 36.0. The lowest BCUT2D eigenvalue weighted by Crippen LogP contribution is -2.27. The van der Waals surface area contributed by atoms with Gasteiger partial charge in [-0.3, -0.25) is 0 Å². The Balaban J connectivity index is 1.15. The van der Waals surface area contributed by atoms with Crippen molar-refractivity contribution < 1.29 is 0 Å². The van der Waals surface area contributed by atoms with Gasteiger partial charge in [-0.15, -0.1) is 0 Å². The number of rotatable bonds is 11. The Morgan fingerprint density at radius 3 is 1.49 bits per heavy atom. The summed E-state index contributed by atoms with van der Waals surface area (Å²) < 4.78 is 0. The minimum atomic E-state index is -0.113. The maximum absolute atomic E-state index is 5.13. The zero-order valence-corrected chi connectivity index (χ0v) is 30.3. The molecule has 0 aliphatic heterocycles. The normalized spacial score (nSPS) is 11.5. The van der Waals surface area contributed by atoms with Gasteiger partial charge >= 0.3 is 0 Å². The average Bonchev–Trinajstić information content (AvgIpc) is 3.24. The van der Waals surface area contributed by atoms with Crippen LogP contribution in [0.3, 0.4) is 0 Å². The van der Waals surface area contributed by atoms with E-state index in [4.69, 9.17) is 15.0 Å². The van der Waals surface area contributed by atoms with Crippen LogP contribution in [0.15, 0.2) is 170 Å². The van der Waals surface area contributed by atoms with Gasteiger partial charge in [-0.05, 0) is 52.9 Å². The molecule has 0 spiro atoms. The second kappa shape index (κ2) is 15.1. The number of fused-ring (bicyclic) bond motifs is 1. The quantitative estimate of drug-likeness (QED) is 0.136. The summed E-state index contributed by atoms with van der Waals surface area (Å²) in [6.45, 7) is 4.58. The lowest BCUT2D eigenvalue weighted by molar-refractivity contribution is 0.426. The lowest BCUT2D eigenvalue weighted by atomic mass is 9.68. The van der Waals surface area contributed by atoms with E-state index < -0.39 is 0 Å². The van der Waals surface area contributed by atoms with Crippen molar-refractivity contribution in [2.75, 3.05) is 0 Å². The summed E-state index contributed by atoms with van der Waals surface area (Å²) in [5.41, 5.74) is 10.6. The van der Waals surface area contributed by atoms with Gasteiger partial charge in [0.25, 0.3) is 0 Å². The number of aromatic nitrogens is 4. The third-order valence-electron chi connectivity index (χ3n) is 10.3. The van der Waals surface area contributed by atoms with Crippen LogP contribution in [-0.4, -0.2) is 19.9 Å². The lowest BCUT2D eigenvalue weighted by Gasteiger charge is -2.35. The summed E-state index contributed by atoms with van der Waals surface area (Å²) in [6, 6.07) is 57.8. The van der Waals surface area contributed by atoms with Crippen LogP contribution >= 0.6 is 0 Å². The second-order valence-electron chi connectivity index (χ2n) is 13.8. The van der Waals surface area contributed by atoms with Crippen LogP contribution in [0.25, 0.3) is 67.3 Å². The minimum absolute atomic E-state index is 0.113. The largest absolute Gasteiger partial charge is 0.237 e. The highest BCUT2D eigenvalue weighted by Crippen LogP contribution is 2.42. The van der Waals surface area contributed by atoms with Crippen LogP contribution in [0.5, 0.6) is 0 Å². The Bertz CT molecular complexity index is 2450. The van der Waals surface area contributed by atoms with Gasteiger partial charge in [0, 0.05) is 39.4 Å². The SMILES string of the molecule is CCCC(CCC)(c1ccc(-c2ccnc(-c3ccccc3)n2)cc1)c1ccc(-c2cc(-c3ccc4ccccc4c3)nc(-c3ccccc3)n2)cc1. The predicted octanol–water partition coefficient (Wildman–Crippen LogP) is 12.6. The van der Waals surface area contributed by atoms with Crippen molar-refractivity contribution in [2.45, 2.75) is 44.9 Å². The molecule has 4 heteroatoms. The topological polar surface area (TPSA) is 51.6 Å². The van der Waals surface area contributed by atoms with Crippen molar-refractivity contribution >= 4 is 10.8 Å². The third kappa shape index (κ3) is 7.01. The molecule has 0 amide bonds. The first kappa shape index (κ1) is 33.9. The van der Waals surface area contributed by atoms with E-state index in [0.717, 1.165) is 82.2 Å². The van der Waals surface area contributed by atoms with Crippen LogP contribution in [0.1, 0.15) is 50.7 Å². The second-order valence-corrected chi connectivity index (χ2v) is 13.8. The maximum atomic E-state index is 5.13. The molecule has 0 saturated heterocycles. The van der Waals surface area contributed by atoms with Gasteiger partial charge in [-0.1, -0.05) is 172 Å². The van der Waals surface area contributed by atoms with E-state index >= 15 is 0 Å². The van der Waals surface area contributed by atoms with E-state index in [-0.39, 0.29) is 5.41 Å². The molecule has 258 valence electrons. The van der Waals surface area contributed by atoms with E-state index in [1.54, 1.807) is 0 Å². The highest BCUT2D eigenvalue weighted by molar-refractivity contribution is 5.87. The summed E-state index contributed by atoms with van der Waals surface area (Å²) in [4.78, 5) is 19.7. The highest BCUT2D eigenvalue weighted by Gasteiger charge is 2.32. The molecule has 0 atom stereocenters. The molecule has 0 unspecified atom stereocenters. The fraction of sp³-hybridized carbons (Fsp3) is 0.143. The van der Waals surface area contributed by atoms with E-state index in [1.807, 2.05) is 60.8 Å². The summed E-state index contributed by atoms with van der Waals surface area (Å²) in [6.07, 6.45) is 6.13. The standard InChI is InChI=1S/C49H42N4/c1-3-30-49(31-4-2,42-25-21-36(22-26-42)44-29-32-50-47(51-44)38-14-7-5-8-15-38)43-27-23-37(24-28-43)45-34-46(53-48(52-45)39-16-9-6-10-17-39)41-20-19-35-13-11-12-18-40(35)33-41/h5-29,32-34H,3-4,30-31H2,1-2H3. The monoisotopic (exact) mass is 686 g/mol. The van der Waals surface area contributed by atoms with Crippen molar-refractivity contribution in [3.63, 3.8) is 0 Å². The summed E-state index contributed by atoms with van der Waals surface area (Å²) in [5, 5.41) is 2.41. The van der Waals surface area contributed by atoms with Crippen molar-refractivity contribution in [1.82, 2.24) is 19.9 Å². The van der Waals surface area contributed by atoms with Gasteiger partial charge in [0.05, 0.1) is 17.1 Å². The molecule has 8 rings (SSSR count). The first-order chi connectivity index (χ1) is 26.1. The first-order valence-electron chi connectivity index (χ1n) is 18.7. The molecule has 0 aliphatic carbocycles. The zero-order valence-electron chi connectivity index (χ0n) is 30.3. The number of nitrogens with zero attached hydrogens (tertiary/aromatic N) is 4. The molecule has 0 N–H and O–H groups in total. The van der Waals surface area contributed by atoms with Crippen molar-refractivity contribution in [3.8, 4) is 56.5 Å². The Hall–Kier alpha value is -6.26. The fourth-order valence-corrected chi connectivity index (χ4v) is 7.70. The van der Waals surface area contributed by atoms with Gasteiger partial charge < -0.3 is 0 Å². The van der Waals surface area contributed by atoms with Crippen LogP contribution in [0, 0.1) is 0 Å². The Kier molecular flexibility index (Phi) is 9.68. The Labute approximate surface area is 312 Å². The van der Waals surface area contributed by atoms with E-state index in [0.29, 0.717) is 0 Å². The van der Waals surface area contributed by atoms with Crippen molar-refractivity contribution in [3.05, 3.63) is 181 Å². The minimum Gasteiger partial charge on any atom is -0.237 e. The molecular weight excluding hydrogens is 645 g/mol. The summed E-state index contributed by atoms with van der Waals surface area (Å²) in [7, 11) is 0. The molecule has 2 heterocycles. The summed E-state index contributed by atoms with van der Waals surface area (Å²) in [5.74, 6) is 1.46. The third-order valence-corrected chi connectivity index (χ3v) is 10.3. The number of hydrogen-bond acceptors (Lipinski definition) is 4. The van der Waals surface area contributed by atoms with Gasteiger partial charge in [0.2, 0.25) is 0 Å². The van der Waals surface area contributed by atoms with Gasteiger partial charge in [-0.2, -0.15) is 0 Å². The van der Waals surface area contributed by atoms with Crippen molar-refractivity contribution in [2.24, 2.45) is 0 Å².